The van der Waals surface area contributed by atoms with Gasteiger partial charge in [0.05, 0.1) is 17.8 Å². The van der Waals surface area contributed by atoms with E-state index in [0.29, 0.717) is 42.1 Å². The molecule has 1 fully saturated rings. The number of aromatic amines is 1. The summed E-state index contributed by atoms with van der Waals surface area (Å²) in [6.07, 6.45) is 4.26. The fourth-order valence-corrected chi connectivity index (χ4v) is 4.48. The molecule has 0 aliphatic carbocycles. The van der Waals surface area contributed by atoms with Gasteiger partial charge in [0.25, 0.3) is 0 Å². The number of nitrogens with one attached hydrogen (secondary N) is 2. The monoisotopic (exact) mass is 554 g/mol. The summed E-state index contributed by atoms with van der Waals surface area (Å²) in [7, 11) is 0. The number of H-pyrrole nitrogens is 1. The van der Waals surface area contributed by atoms with Gasteiger partial charge < -0.3 is 19.4 Å². The highest BCUT2D eigenvalue weighted by atomic mass is 16.6. The number of amides is 2. The van der Waals surface area contributed by atoms with E-state index >= 15 is 0 Å². The molecule has 0 unspecified atom stereocenters. The van der Waals surface area contributed by atoms with Crippen molar-refractivity contribution in [2.24, 2.45) is 0 Å². The van der Waals surface area contributed by atoms with E-state index in [1.165, 1.54) is 0 Å². The molecule has 4 aromatic rings. The average molecular weight is 555 g/mol. The highest BCUT2D eigenvalue weighted by molar-refractivity contribution is 5.96. The van der Waals surface area contributed by atoms with Gasteiger partial charge in [-0.15, -0.1) is 5.92 Å². The van der Waals surface area contributed by atoms with Crippen molar-refractivity contribution in [2.75, 3.05) is 44.7 Å². The van der Waals surface area contributed by atoms with Gasteiger partial charge in [0.15, 0.2) is 12.4 Å². The first-order valence-corrected chi connectivity index (χ1v) is 13.3. The third kappa shape index (κ3) is 6.77. The maximum Gasteiger partial charge on any atom is 0.413 e. The molecule has 2 amide bonds. The van der Waals surface area contributed by atoms with Crippen LogP contribution in [-0.4, -0.2) is 86.3 Å². The first kappa shape index (κ1) is 27.5. The van der Waals surface area contributed by atoms with Crippen LogP contribution in [-0.2, 0) is 16.0 Å². The number of pyridine rings is 1. The van der Waals surface area contributed by atoms with E-state index in [9.17, 15) is 9.59 Å². The number of carbonyl (C=O) groups excluding carboxylic acids is 2. The van der Waals surface area contributed by atoms with Crippen molar-refractivity contribution < 1.29 is 19.1 Å². The summed E-state index contributed by atoms with van der Waals surface area (Å²) in [5.74, 6) is 6.23. The van der Waals surface area contributed by atoms with Gasteiger partial charge in [-0.2, -0.15) is 0 Å². The molecule has 1 aliphatic heterocycles. The Bertz CT molecular complexity index is 1570. The molecule has 1 aliphatic rings. The second kappa shape index (κ2) is 12.9. The van der Waals surface area contributed by atoms with Crippen molar-refractivity contribution in [3.8, 4) is 34.4 Å². The molecule has 1 saturated heterocycles. The number of imidazole rings is 1. The summed E-state index contributed by atoms with van der Waals surface area (Å²) in [5, 5.41) is 2.62. The van der Waals surface area contributed by atoms with Crippen LogP contribution in [0.1, 0.15) is 19.5 Å². The van der Waals surface area contributed by atoms with Crippen molar-refractivity contribution in [3.05, 3.63) is 54.6 Å². The third-order valence-corrected chi connectivity index (χ3v) is 6.51. The lowest BCUT2D eigenvalue weighted by molar-refractivity contribution is 0.0820. The van der Waals surface area contributed by atoms with Gasteiger partial charge >= 0.3 is 12.2 Å². The maximum absolute atomic E-state index is 12.1. The van der Waals surface area contributed by atoms with Gasteiger partial charge in [-0.1, -0.05) is 12.0 Å². The highest BCUT2D eigenvalue weighted by Crippen LogP contribution is 2.32. The van der Waals surface area contributed by atoms with E-state index in [1.807, 2.05) is 30.5 Å². The molecular weight excluding hydrogens is 524 g/mol. The van der Waals surface area contributed by atoms with E-state index in [1.54, 1.807) is 37.2 Å². The predicted octanol–water partition coefficient (Wildman–Crippen LogP) is 3.93. The van der Waals surface area contributed by atoms with Crippen molar-refractivity contribution in [3.63, 3.8) is 0 Å². The minimum atomic E-state index is -0.591. The Kier molecular flexibility index (Phi) is 8.66. The molecule has 41 heavy (non-hydrogen) atoms. The van der Waals surface area contributed by atoms with Crippen molar-refractivity contribution in [2.45, 2.75) is 20.4 Å². The van der Waals surface area contributed by atoms with E-state index in [0.717, 1.165) is 29.9 Å². The molecule has 0 spiro atoms. The summed E-state index contributed by atoms with van der Waals surface area (Å²) in [6, 6.07) is 9.69. The lowest BCUT2D eigenvalue weighted by Gasteiger charge is -2.33. The Labute approximate surface area is 237 Å². The van der Waals surface area contributed by atoms with Gasteiger partial charge in [-0.25, -0.2) is 24.5 Å². The fourth-order valence-electron chi connectivity index (χ4n) is 4.48. The van der Waals surface area contributed by atoms with Crippen molar-refractivity contribution >= 4 is 29.2 Å². The Morgan fingerprint density at radius 3 is 2.56 bits per heavy atom. The fraction of sp³-hybridized carbons (Fsp3) is 0.310. The average Bonchev–Trinajstić information content (AvgIpc) is 3.40. The van der Waals surface area contributed by atoms with Crippen LogP contribution in [0.3, 0.4) is 0 Å². The van der Waals surface area contributed by atoms with Crippen LogP contribution in [0, 0.1) is 11.8 Å². The molecule has 210 valence electrons. The Hall–Kier alpha value is -5.02. The number of nitrogens with zero attached hydrogens (tertiary/aromatic N) is 6. The Balaban J connectivity index is 1.31. The lowest BCUT2D eigenvalue weighted by Crippen LogP contribution is -2.48. The second-order valence-corrected chi connectivity index (χ2v) is 9.21. The van der Waals surface area contributed by atoms with E-state index in [2.05, 4.69) is 42.0 Å². The Morgan fingerprint density at radius 1 is 1.05 bits per heavy atom. The molecule has 0 radical (unpaired) electrons. The Morgan fingerprint density at radius 2 is 1.85 bits per heavy atom. The normalized spacial score (nSPS) is 13.4. The van der Waals surface area contributed by atoms with Gasteiger partial charge in [0.1, 0.15) is 5.52 Å². The quantitative estimate of drug-likeness (QED) is 0.325. The van der Waals surface area contributed by atoms with Crippen molar-refractivity contribution in [1.82, 2.24) is 34.7 Å². The molecule has 2 N–H and O–H groups in total. The van der Waals surface area contributed by atoms with Gasteiger partial charge in [-0.3, -0.25) is 15.2 Å². The molecule has 12 nitrogen and oxygen atoms in total. The summed E-state index contributed by atoms with van der Waals surface area (Å²) in [4.78, 5) is 49.3. The highest BCUT2D eigenvalue weighted by Gasteiger charge is 2.22. The number of fused-ring (bicyclic) bond motifs is 1. The molecule has 0 saturated carbocycles. The number of hydrogen-bond donors (Lipinski definition) is 2. The largest absolute Gasteiger partial charge is 0.450 e. The minimum Gasteiger partial charge on any atom is -0.450 e. The summed E-state index contributed by atoms with van der Waals surface area (Å²) in [6.45, 7) is 7.15. The number of ether oxygens (including phenoxy) is 2. The van der Waals surface area contributed by atoms with Gasteiger partial charge in [-0.05, 0) is 43.7 Å². The smallest absolute Gasteiger partial charge is 0.413 e. The molecule has 0 bridgehead atoms. The van der Waals surface area contributed by atoms with Crippen LogP contribution >= 0.6 is 0 Å². The van der Waals surface area contributed by atoms with Crippen LogP contribution in [0.15, 0.2) is 48.9 Å². The molecule has 1 aromatic carbocycles. The zero-order chi connectivity index (χ0) is 28.6. The summed E-state index contributed by atoms with van der Waals surface area (Å²) >= 11 is 0. The van der Waals surface area contributed by atoms with E-state index in [4.69, 9.17) is 14.5 Å². The molecule has 4 heterocycles. The maximum atomic E-state index is 12.1. The molecule has 5 rings (SSSR count). The number of rotatable bonds is 7. The van der Waals surface area contributed by atoms with Crippen LogP contribution in [0.4, 0.5) is 15.5 Å². The predicted molar refractivity (Wildman–Crippen MR) is 153 cm³/mol. The molecule has 0 atom stereocenters. The summed E-state index contributed by atoms with van der Waals surface area (Å²) < 4.78 is 10.1. The van der Waals surface area contributed by atoms with Crippen LogP contribution in [0.5, 0.6) is 0 Å². The van der Waals surface area contributed by atoms with Crippen LogP contribution in [0.25, 0.3) is 33.5 Å². The first-order chi connectivity index (χ1) is 20.0. The van der Waals surface area contributed by atoms with Crippen molar-refractivity contribution in [1.29, 1.82) is 0 Å². The zero-order valence-corrected chi connectivity index (χ0v) is 22.9. The van der Waals surface area contributed by atoms with E-state index in [-0.39, 0.29) is 25.3 Å². The standard InChI is InChI=1S/C29H30N8O4/c1-3-5-15-41-29(39)37-13-11-36(12-14-37)19-22-8-7-20(18-32-22)21-16-23(26-30-9-6-10-31-26)25-24(17-21)33-27(34-25)35-28(38)40-4-2/h6-10,16-18H,4,11-15,19H2,1-2H3,(H2,33,34,35,38). The molecular formula is C29H30N8O4. The second-order valence-electron chi connectivity index (χ2n) is 9.21. The number of anilines is 1. The number of aromatic nitrogens is 5. The third-order valence-electron chi connectivity index (χ3n) is 6.51. The number of piperazine rings is 1. The van der Waals surface area contributed by atoms with E-state index < -0.39 is 6.09 Å². The zero-order valence-electron chi connectivity index (χ0n) is 22.9. The topological polar surface area (TPSA) is 138 Å². The van der Waals surface area contributed by atoms with Crippen LogP contribution < -0.4 is 5.32 Å². The van der Waals surface area contributed by atoms with Gasteiger partial charge in [0, 0.05) is 62.4 Å². The minimum absolute atomic E-state index is 0.116. The van der Waals surface area contributed by atoms with Crippen LogP contribution in [0.2, 0.25) is 0 Å². The van der Waals surface area contributed by atoms with Gasteiger partial charge in [0.2, 0.25) is 5.95 Å². The number of hydrogen-bond acceptors (Lipinski definition) is 9. The SMILES string of the molecule is CC#CCOC(=O)N1CCN(Cc2ccc(-c3cc(-c4ncccn4)c4nc(NC(=O)OCC)[nH]c4c3)cn2)CC1. The number of benzene rings is 1. The number of carbonyl (C=O) groups is 2. The summed E-state index contributed by atoms with van der Waals surface area (Å²) in [5.41, 5.74) is 4.78. The molecule has 3 aromatic heterocycles. The molecule has 12 heteroatoms. The first-order valence-electron chi connectivity index (χ1n) is 13.3. The lowest BCUT2D eigenvalue weighted by atomic mass is 10.0.